The Hall–Kier alpha value is -1.66. The van der Waals surface area contributed by atoms with Crippen LogP contribution in [0.1, 0.15) is 19.3 Å². The summed E-state index contributed by atoms with van der Waals surface area (Å²) in [5.41, 5.74) is 6.30. The molecule has 0 aliphatic rings. The van der Waals surface area contributed by atoms with E-state index in [9.17, 15) is 4.79 Å². The molecular formula is C19H29ClN4O. The van der Waals surface area contributed by atoms with Gasteiger partial charge in [-0.1, -0.05) is 36.4 Å². The summed E-state index contributed by atoms with van der Waals surface area (Å²) in [6.07, 6.45) is 3.17. The van der Waals surface area contributed by atoms with Crippen molar-refractivity contribution in [3.8, 4) is 0 Å². The average molecular weight is 365 g/mol. The Labute approximate surface area is 156 Å². The molecule has 5 N–H and O–H groups in total. The summed E-state index contributed by atoms with van der Waals surface area (Å²) in [5.74, 6) is -0.00701. The minimum Gasteiger partial charge on any atom is -0.330 e. The molecule has 0 unspecified atom stereocenters. The van der Waals surface area contributed by atoms with Gasteiger partial charge in [-0.3, -0.25) is 4.79 Å². The first-order valence-electron chi connectivity index (χ1n) is 8.70. The van der Waals surface area contributed by atoms with Gasteiger partial charge in [-0.15, -0.1) is 12.4 Å². The Balaban J connectivity index is 0.00000312. The molecule has 0 saturated carbocycles. The molecule has 0 radical (unpaired) electrons. The van der Waals surface area contributed by atoms with E-state index in [4.69, 9.17) is 5.73 Å². The van der Waals surface area contributed by atoms with Crippen molar-refractivity contribution in [1.82, 2.24) is 10.6 Å². The van der Waals surface area contributed by atoms with Gasteiger partial charge < -0.3 is 21.7 Å². The van der Waals surface area contributed by atoms with Crippen LogP contribution in [0.2, 0.25) is 0 Å². The maximum absolute atomic E-state index is 12.1. The SMILES string of the molecule is Cl.NCCCNCCCCNCC(=O)Nc1cccc2ccccc12. The van der Waals surface area contributed by atoms with Crippen molar-refractivity contribution in [3.63, 3.8) is 0 Å². The van der Waals surface area contributed by atoms with Gasteiger partial charge in [-0.2, -0.15) is 0 Å². The van der Waals surface area contributed by atoms with E-state index in [0.29, 0.717) is 6.54 Å². The Morgan fingerprint density at radius 1 is 0.880 bits per heavy atom. The highest BCUT2D eigenvalue weighted by Gasteiger charge is 2.04. The second kappa shape index (κ2) is 12.7. The fourth-order valence-corrected chi connectivity index (χ4v) is 2.58. The molecular weight excluding hydrogens is 336 g/mol. The number of anilines is 1. The molecule has 2 aromatic rings. The summed E-state index contributed by atoms with van der Waals surface area (Å²) >= 11 is 0. The van der Waals surface area contributed by atoms with Crippen LogP contribution in [0, 0.1) is 0 Å². The van der Waals surface area contributed by atoms with Gasteiger partial charge >= 0.3 is 0 Å². The van der Waals surface area contributed by atoms with E-state index in [0.717, 1.165) is 61.9 Å². The molecule has 2 aromatic carbocycles. The number of halogens is 1. The van der Waals surface area contributed by atoms with Crippen LogP contribution in [-0.4, -0.2) is 38.6 Å². The molecule has 0 bridgehead atoms. The molecule has 0 aliphatic heterocycles. The summed E-state index contributed by atoms with van der Waals surface area (Å²) in [4.78, 5) is 12.1. The van der Waals surface area contributed by atoms with Gasteiger partial charge in [0.05, 0.1) is 6.54 Å². The zero-order chi connectivity index (χ0) is 17.0. The largest absolute Gasteiger partial charge is 0.330 e. The van der Waals surface area contributed by atoms with Gasteiger partial charge in [0.25, 0.3) is 0 Å². The predicted octanol–water partition coefficient (Wildman–Crippen LogP) is 2.51. The number of hydrogen-bond acceptors (Lipinski definition) is 4. The van der Waals surface area contributed by atoms with E-state index in [1.165, 1.54) is 0 Å². The molecule has 0 spiro atoms. The van der Waals surface area contributed by atoms with Crippen LogP contribution < -0.4 is 21.7 Å². The number of unbranched alkanes of at least 4 members (excludes halogenated alkanes) is 1. The number of carbonyl (C=O) groups excluding carboxylic acids is 1. The molecule has 0 atom stereocenters. The van der Waals surface area contributed by atoms with Crippen molar-refractivity contribution in [3.05, 3.63) is 42.5 Å². The standard InChI is InChI=1S/C19H28N4O.ClH/c20-11-6-14-21-12-3-4-13-22-15-19(24)23-18-10-5-8-16-7-1-2-9-17(16)18;/h1-2,5,7-10,21-22H,3-4,6,11-15,20H2,(H,23,24);1H. The second-order valence-electron chi connectivity index (χ2n) is 5.85. The number of carbonyl (C=O) groups is 1. The lowest BCUT2D eigenvalue weighted by Gasteiger charge is -2.09. The second-order valence-corrected chi connectivity index (χ2v) is 5.85. The van der Waals surface area contributed by atoms with Gasteiger partial charge in [0.15, 0.2) is 0 Å². The summed E-state index contributed by atoms with van der Waals surface area (Å²) in [7, 11) is 0. The fraction of sp³-hybridized carbons (Fsp3) is 0.421. The van der Waals surface area contributed by atoms with Crippen LogP contribution in [-0.2, 0) is 4.79 Å². The smallest absolute Gasteiger partial charge is 0.238 e. The van der Waals surface area contributed by atoms with Crippen LogP contribution in [0.25, 0.3) is 10.8 Å². The fourth-order valence-electron chi connectivity index (χ4n) is 2.58. The molecule has 0 aromatic heterocycles. The molecule has 138 valence electrons. The number of amides is 1. The first-order chi connectivity index (χ1) is 11.8. The molecule has 25 heavy (non-hydrogen) atoms. The molecule has 6 heteroatoms. The highest BCUT2D eigenvalue weighted by Crippen LogP contribution is 2.22. The first kappa shape index (κ1) is 21.4. The minimum atomic E-state index is -0.00701. The molecule has 2 rings (SSSR count). The van der Waals surface area contributed by atoms with Gasteiger partial charge in [0.1, 0.15) is 0 Å². The van der Waals surface area contributed by atoms with E-state index < -0.39 is 0 Å². The van der Waals surface area contributed by atoms with E-state index in [1.807, 2.05) is 42.5 Å². The van der Waals surface area contributed by atoms with Gasteiger partial charge in [0, 0.05) is 11.1 Å². The van der Waals surface area contributed by atoms with Gasteiger partial charge in [0.2, 0.25) is 5.91 Å². The van der Waals surface area contributed by atoms with Crippen molar-refractivity contribution < 1.29 is 4.79 Å². The molecule has 5 nitrogen and oxygen atoms in total. The van der Waals surface area contributed by atoms with Gasteiger partial charge in [-0.25, -0.2) is 0 Å². The quantitative estimate of drug-likeness (QED) is 0.462. The third-order valence-electron chi connectivity index (χ3n) is 3.86. The maximum atomic E-state index is 12.1. The van der Waals surface area contributed by atoms with E-state index in [2.05, 4.69) is 16.0 Å². The zero-order valence-corrected chi connectivity index (χ0v) is 15.4. The number of nitrogens with one attached hydrogen (secondary N) is 3. The van der Waals surface area contributed by atoms with Gasteiger partial charge in [-0.05, 0) is 56.9 Å². The van der Waals surface area contributed by atoms with Crippen molar-refractivity contribution in [2.75, 3.05) is 38.0 Å². The average Bonchev–Trinajstić information content (AvgIpc) is 2.61. The predicted molar refractivity (Wildman–Crippen MR) is 108 cm³/mol. The monoisotopic (exact) mass is 364 g/mol. The number of fused-ring (bicyclic) bond motifs is 1. The highest BCUT2D eigenvalue weighted by atomic mass is 35.5. The Kier molecular flexibility index (Phi) is 10.8. The number of nitrogens with two attached hydrogens (primary N) is 1. The van der Waals surface area contributed by atoms with E-state index in [1.54, 1.807) is 0 Å². The third kappa shape index (κ3) is 7.84. The number of hydrogen-bond donors (Lipinski definition) is 4. The lowest BCUT2D eigenvalue weighted by molar-refractivity contribution is -0.115. The van der Waals surface area contributed by atoms with Crippen LogP contribution in [0.4, 0.5) is 5.69 Å². The number of benzene rings is 2. The molecule has 1 amide bonds. The summed E-state index contributed by atoms with van der Waals surface area (Å²) in [6, 6.07) is 14.0. The topological polar surface area (TPSA) is 79.2 Å². The summed E-state index contributed by atoms with van der Waals surface area (Å²) in [5, 5.41) is 11.7. The molecule has 0 aliphatic carbocycles. The Bertz CT molecular complexity index is 630. The summed E-state index contributed by atoms with van der Waals surface area (Å²) in [6.45, 7) is 3.91. The zero-order valence-electron chi connectivity index (χ0n) is 14.6. The lowest BCUT2D eigenvalue weighted by Crippen LogP contribution is -2.29. The van der Waals surface area contributed by atoms with Crippen LogP contribution in [0.5, 0.6) is 0 Å². The molecule has 0 fully saturated rings. The Morgan fingerprint density at radius 3 is 2.36 bits per heavy atom. The van der Waals surface area contributed by atoms with Crippen LogP contribution >= 0.6 is 12.4 Å². The minimum absolute atomic E-state index is 0. The molecule has 0 saturated heterocycles. The number of rotatable bonds is 11. The Morgan fingerprint density at radius 2 is 1.56 bits per heavy atom. The third-order valence-corrected chi connectivity index (χ3v) is 3.86. The lowest BCUT2D eigenvalue weighted by atomic mass is 10.1. The van der Waals surface area contributed by atoms with E-state index in [-0.39, 0.29) is 18.3 Å². The van der Waals surface area contributed by atoms with Crippen molar-refractivity contribution in [2.45, 2.75) is 19.3 Å². The van der Waals surface area contributed by atoms with Crippen LogP contribution in [0.3, 0.4) is 0 Å². The maximum Gasteiger partial charge on any atom is 0.238 e. The van der Waals surface area contributed by atoms with E-state index >= 15 is 0 Å². The van der Waals surface area contributed by atoms with Crippen LogP contribution in [0.15, 0.2) is 42.5 Å². The summed E-state index contributed by atoms with van der Waals surface area (Å²) < 4.78 is 0. The van der Waals surface area contributed by atoms with Crippen molar-refractivity contribution in [2.24, 2.45) is 5.73 Å². The van der Waals surface area contributed by atoms with Crippen molar-refractivity contribution >= 4 is 34.8 Å². The highest BCUT2D eigenvalue weighted by molar-refractivity contribution is 6.02. The van der Waals surface area contributed by atoms with Crippen molar-refractivity contribution in [1.29, 1.82) is 0 Å². The molecule has 0 heterocycles. The normalized spacial score (nSPS) is 10.4. The first-order valence-corrected chi connectivity index (χ1v) is 8.70.